The summed E-state index contributed by atoms with van der Waals surface area (Å²) in [6, 6.07) is 0. The molecule has 0 aromatic carbocycles. The van der Waals surface area contributed by atoms with Gasteiger partial charge in [-0.05, 0) is 38.5 Å². The van der Waals surface area contributed by atoms with Gasteiger partial charge >= 0.3 is 0 Å². The molecule has 0 radical (unpaired) electrons. The summed E-state index contributed by atoms with van der Waals surface area (Å²) in [4.78, 5) is 4.46. The largest absolute Gasteiger partial charge is 0.319 e. The van der Waals surface area contributed by atoms with Gasteiger partial charge in [0.25, 0.3) is 0 Å². The highest BCUT2D eigenvalue weighted by Gasteiger charge is 2.35. The van der Waals surface area contributed by atoms with E-state index in [1.807, 2.05) is 18.7 Å². The second-order valence-electron chi connectivity index (χ2n) is 4.94. The molecule has 1 aliphatic rings. The number of aryl methyl sites for hydroxylation is 2. The molecular formula is C11H20N4. The summed E-state index contributed by atoms with van der Waals surface area (Å²) in [6.45, 7) is 4.21. The zero-order valence-electron chi connectivity index (χ0n) is 9.82. The van der Waals surface area contributed by atoms with Crippen LogP contribution in [0.25, 0.3) is 0 Å². The van der Waals surface area contributed by atoms with Crippen LogP contribution in [0.2, 0.25) is 0 Å². The Kier molecular flexibility index (Phi) is 2.54. The highest BCUT2D eigenvalue weighted by atomic mass is 15.3. The number of rotatable bonds is 1. The van der Waals surface area contributed by atoms with Gasteiger partial charge in [-0.15, -0.1) is 0 Å². The Morgan fingerprint density at radius 2 is 2.00 bits per heavy atom. The van der Waals surface area contributed by atoms with Crippen molar-refractivity contribution >= 4 is 0 Å². The maximum absolute atomic E-state index is 6.43. The Bertz CT molecular complexity index is 347. The molecule has 1 aromatic heterocycles. The first kappa shape index (κ1) is 10.6. The van der Waals surface area contributed by atoms with Gasteiger partial charge in [0.15, 0.2) is 0 Å². The van der Waals surface area contributed by atoms with E-state index in [9.17, 15) is 0 Å². The molecule has 2 N–H and O–H groups in total. The zero-order valence-corrected chi connectivity index (χ0v) is 9.82. The Labute approximate surface area is 90.9 Å². The minimum atomic E-state index is -0.247. The van der Waals surface area contributed by atoms with Gasteiger partial charge in [0.1, 0.15) is 11.6 Å². The van der Waals surface area contributed by atoms with E-state index in [4.69, 9.17) is 5.73 Å². The fourth-order valence-electron chi connectivity index (χ4n) is 2.45. The van der Waals surface area contributed by atoms with Crippen molar-refractivity contribution in [2.45, 2.75) is 45.1 Å². The molecule has 1 saturated carbocycles. The van der Waals surface area contributed by atoms with Crippen LogP contribution in [0, 0.1) is 12.8 Å². The standard InChI is InChI=1S/C11H20N4/c1-8-4-6-11(12,7-5-8)10-13-9(2)14-15(10)3/h8H,4-7,12H2,1-3H3. The Morgan fingerprint density at radius 3 is 2.47 bits per heavy atom. The van der Waals surface area contributed by atoms with Crippen LogP contribution >= 0.6 is 0 Å². The molecule has 4 heteroatoms. The van der Waals surface area contributed by atoms with Gasteiger partial charge in [0.05, 0.1) is 5.54 Å². The van der Waals surface area contributed by atoms with Gasteiger partial charge in [0, 0.05) is 7.05 Å². The van der Waals surface area contributed by atoms with Gasteiger partial charge in [-0.25, -0.2) is 4.98 Å². The van der Waals surface area contributed by atoms with Crippen LogP contribution in [0.3, 0.4) is 0 Å². The molecule has 0 unspecified atom stereocenters. The van der Waals surface area contributed by atoms with E-state index in [1.165, 1.54) is 12.8 Å². The SMILES string of the molecule is Cc1nc(C2(N)CCC(C)CC2)n(C)n1. The first-order valence-electron chi connectivity index (χ1n) is 5.68. The lowest BCUT2D eigenvalue weighted by atomic mass is 9.77. The van der Waals surface area contributed by atoms with Gasteiger partial charge in [0.2, 0.25) is 0 Å². The lowest BCUT2D eigenvalue weighted by molar-refractivity contribution is 0.231. The monoisotopic (exact) mass is 208 g/mol. The van der Waals surface area contributed by atoms with E-state index in [0.717, 1.165) is 30.4 Å². The van der Waals surface area contributed by atoms with Gasteiger partial charge < -0.3 is 5.73 Å². The van der Waals surface area contributed by atoms with E-state index in [-0.39, 0.29) is 5.54 Å². The molecule has 2 rings (SSSR count). The topological polar surface area (TPSA) is 56.7 Å². The maximum atomic E-state index is 6.43. The number of aromatic nitrogens is 3. The molecule has 4 nitrogen and oxygen atoms in total. The molecule has 15 heavy (non-hydrogen) atoms. The van der Waals surface area contributed by atoms with Gasteiger partial charge in [-0.1, -0.05) is 6.92 Å². The number of nitrogens with two attached hydrogens (primary N) is 1. The van der Waals surface area contributed by atoms with E-state index in [0.29, 0.717) is 0 Å². The average molecular weight is 208 g/mol. The van der Waals surface area contributed by atoms with Crippen LogP contribution < -0.4 is 5.73 Å². The van der Waals surface area contributed by atoms with Crippen LogP contribution in [0.1, 0.15) is 44.3 Å². The van der Waals surface area contributed by atoms with E-state index < -0.39 is 0 Å². The summed E-state index contributed by atoms with van der Waals surface area (Å²) in [6.07, 6.45) is 4.45. The quantitative estimate of drug-likeness (QED) is 0.760. The first-order valence-corrected chi connectivity index (χ1v) is 5.68. The summed E-state index contributed by atoms with van der Waals surface area (Å²) in [5.74, 6) is 2.57. The minimum Gasteiger partial charge on any atom is -0.319 e. The fourth-order valence-corrected chi connectivity index (χ4v) is 2.45. The third-order valence-electron chi connectivity index (χ3n) is 3.48. The first-order chi connectivity index (χ1) is 7.01. The Balaban J connectivity index is 2.25. The van der Waals surface area contributed by atoms with Crippen molar-refractivity contribution in [1.82, 2.24) is 14.8 Å². The second-order valence-corrected chi connectivity index (χ2v) is 4.94. The third-order valence-corrected chi connectivity index (χ3v) is 3.48. The summed E-state index contributed by atoms with van der Waals surface area (Å²) in [7, 11) is 1.93. The van der Waals surface area contributed by atoms with Crippen molar-refractivity contribution in [1.29, 1.82) is 0 Å². The summed E-state index contributed by atoms with van der Waals surface area (Å²) in [5, 5.41) is 4.28. The number of hydrogen-bond acceptors (Lipinski definition) is 3. The normalized spacial score (nSPS) is 31.9. The van der Waals surface area contributed by atoms with Crippen molar-refractivity contribution in [3.8, 4) is 0 Å². The van der Waals surface area contributed by atoms with E-state index in [2.05, 4.69) is 17.0 Å². The molecule has 0 amide bonds. The molecular weight excluding hydrogens is 188 g/mol. The third kappa shape index (κ3) is 1.91. The average Bonchev–Trinajstić information content (AvgIpc) is 2.52. The van der Waals surface area contributed by atoms with E-state index >= 15 is 0 Å². The molecule has 1 heterocycles. The molecule has 1 fully saturated rings. The summed E-state index contributed by atoms with van der Waals surface area (Å²) in [5.41, 5.74) is 6.19. The predicted octanol–water partition coefficient (Wildman–Crippen LogP) is 1.49. The highest BCUT2D eigenvalue weighted by molar-refractivity contribution is 5.08. The van der Waals surface area contributed by atoms with Gasteiger partial charge in [-0.3, -0.25) is 4.68 Å². The highest BCUT2D eigenvalue weighted by Crippen LogP contribution is 2.36. The molecule has 0 aliphatic heterocycles. The Morgan fingerprint density at radius 1 is 1.40 bits per heavy atom. The lowest BCUT2D eigenvalue weighted by Crippen LogP contribution is -2.42. The van der Waals surface area contributed by atoms with Crippen LogP contribution in [-0.4, -0.2) is 14.8 Å². The smallest absolute Gasteiger partial charge is 0.147 e. The fraction of sp³-hybridized carbons (Fsp3) is 0.818. The van der Waals surface area contributed by atoms with Gasteiger partial charge in [-0.2, -0.15) is 5.10 Å². The van der Waals surface area contributed by atoms with Crippen molar-refractivity contribution in [3.63, 3.8) is 0 Å². The minimum absolute atomic E-state index is 0.247. The number of hydrogen-bond donors (Lipinski definition) is 1. The molecule has 84 valence electrons. The van der Waals surface area contributed by atoms with Crippen LogP contribution in [0.15, 0.2) is 0 Å². The Hall–Kier alpha value is -0.900. The lowest BCUT2D eigenvalue weighted by Gasteiger charge is -2.34. The molecule has 0 spiro atoms. The van der Waals surface area contributed by atoms with E-state index in [1.54, 1.807) is 0 Å². The van der Waals surface area contributed by atoms with Crippen molar-refractivity contribution in [3.05, 3.63) is 11.6 Å². The van der Waals surface area contributed by atoms with Crippen molar-refractivity contribution < 1.29 is 0 Å². The molecule has 1 aliphatic carbocycles. The van der Waals surface area contributed by atoms with Crippen LogP contribution in [-0.2, 0) is 12.6 Å². The van der Waals surface area contributed by atoms with Crippen LogP contribution in [0.4, 0.5) is 0 Å². The molecule has 0 atom stereocenters. The number of nitrogens with zero attached hydrogens (tertiary/aromatic N) is 3. The molecule has 0 bridgehead atoms. The molecule has 1 aromatic rings. The second kappa shape index (κ2) is 3.59. The van der Waals surface area contributed by atoms with Crippen molar-refractivity contribution in [2.24, 2.45) is 18.7 Å². The zero-order chi connectivity index (χ0) is 11.1. The summed E-state index contributed by atoms with van der Waals surface area (Å²) >= 11 is 0. The van der Waals surface area contributed by atoms with Crippen LogP contribution in [0.5, 0.6) is 0 Å². The van der Waals surface area contributed by atoms with Crippen molar-refractivity contribution in [2.75, 3.05) is 0 Å². The summed E-state index contributed by atoms with van der Waals surface area (Å²) < 4.78 is 1.84. The maximum Gasteiger partial charge on any atom is 0.147 e. The predicted molar refractivity (Wildman–Crippen MR) is 59.2 cm³/mol. The molecule has 0 saturated heterocycles.